The number of benzene rings is 1. The molecule has 35 heavy (non-hydrogen) atoms. The second kappa shape index (κ2) is 10.7. The van der Waals surface area contributed by atoms with Gasteiger partial charge in [0.15, 0.2) is 17.2 Å². The van der Waals surface area contributed by atoms with Crippen LogP contribution in [0.3, 0.4) is 0 Å². The molecule has 0 atom stereocenters. The molecule has 0 aliphatic carbocycles. The van der Waals surface area contributed by atoms with Crippen LogP contribution in [0, 0.1) is 26.7 Å². The fourth-order valence-corrected chi connectivity index (χ4v) is 3.60. The number of pyridine rings is 3. The number of rotatable bonds is 9. The number of nitrogens with zero attached hydrogens (tertiary/aromatic N) is 3. The van der Waals surface area contributed by atoms with Crippen molar-refractivity contribution in [2.75, 3.05) is 26.9 Å². The first kappa shape index (κ1) is 24.4. The Morgan fingerprint density at radius 1 is 0.886 bits per heavy atom. The van der Waals surface area contributed by atoms with E-state index < -0.39 is 0 Å². The minimum atomic E-state index is -0.385. The zero-order valence-corrected chi connectivity index (χ0v) is 20.3. The predicted octanol–water partition coefficient (Wildman–Crippen LogP) is 4.40. The molecule has 8 heteroatoms. The van der Waals surface area contributed by atoms with E-state index >= 15 is 0 Å². The largest absolute Gasteiger partial charge is 0.493 e. The zero-order valence-electron chi connectivity index (χ0n) is 20.3. The second-order valence-corrected chi connectivity index (χ2v) is 8.38. The van der Waals surface area contributed by atoms with Crippen molar-refractivity contribution in [1.29, 1.82) is 0 Å². The van der Waals surface area contributed by atoms with Gasteiger partial charge in [0.2, 0.25) is 0 Å². The van der Waals surface area contributed by atoms with Crippen LogP contribution in [-0.4, -0.2) is 52.1 Å². The molecule has 0 radical (unpaired) electrons. The van der Waals surface area contributed by atoms with Gasteiger partial charge in [0, 0.05) is 35.0 Å². The van der Waals surface area contributed by atoms with Gasteiger partial charge in [0.25, 0.3) is 0 Å². The van der Waals surface area contributed by atoms with E-state index in [1.807, 2.05) is 45.0 Å². The van der Waals surface area contributed by atoms with Gasteiger partial charge in [0.05, 0.1) is 38.1 Å². The summed E-state index contributed by atoms with van der Waals surface area (Å²) in [6.45, 7) is 5.69. The molecule has 0 aliphatic heterocycles. The Hall–Kier alpha value is -3.75. The molecule has 0 saturated carbocycles. The standard InChI is InChI=1S/C27H29N3O5/c1-16-10-26(27(30-18(16)3)21-7-5-6-17(2)29-21)35-23-8-9-28-22-12-25(24(33-4)11-20(22)23)34-15-19(13-31)14-32/h5-12,19,31-32H,13-15H2,1-4H3. The fourth-order valence-electron chi connectivity index (χ4n) is 3.60. The van der Waals surface area contributed by atoms with Gasteiger partial charge >= 0.3 is 0 Å². The Balaban J connectivity index is 1.75. The average molecular weight is 476 g/mol. The minimum Gasteiger partial charge on any atom is -0.493 e. The number of hydrogen-bond acceptors (Lipinski definition) is 8. The maximum atomic E-state index is 9.33. The molecule has 0 unspecified atom stereocenters. The van der Waals surface area contributed by atoms with Crippen molar-refractivity contribution in [3.63, 3.8) is 0 Å². The van der Waals surface area contributed by atoms with E-state index in [2.05, 4.69) is 9.97 Å². The molecule has 3 aromatic heterocycles. The lowest BCUT2D eigenvalue weighted by atomic mass is 10.1. The Bertz CT molecular complexity index is 1340. The van der Waals surface area contributed by atoms with Gasteiger partial charge < -0.3 is 24.4 Å². The van der Waals surface area contributed by atoms with E-state index in [-0.39, 0.29) is 25.7 Å². The van der Waals surface area contributed by atoms with Crippen LogP contribution in [0.4, 0.5) is 0 Å². The van der Waals surface area contributed by atoms with Gasteiger partial charge in [-0.05, 0) is 56.7 Å². The monoisotopic (exact) mass is 475 g/mol. The molecule has 0 amide bonds. The van der Waals surface area contributed by atoms with E-state index in [4.69, 9.17) is 19.2 Å². The molecule has 0 saturated heterocycles. The van der Waals surface area contributed by atoms with Crippen LogP contribution in [0.2, 0.25) is 0 Å². The van der Waals surface area contributed by atoms with Gasteiger partial charge in [-0.3, -0.25) is 9.97 Å². The van der Waals surface area contributed by atoms with Crippen LogP contribution in [0.5, 0.6) is 23.0 Å². The molecular weight excluding hydrogens is 446 g/mol. The number of methoxy groups -OCH3 is 1. The second-order valence-electron chi connectivity index (χ2n) is 8.38. The smallest absolute Gasteiger partial charge is 0.163 e. The van der Waals surface area contributed by atoms with Crippen molar-refractivity contribution in [1.82, 2.24) is 15.0 Å². The Morgan fingerprint density at radius 2 is 1.69 bits per heavy atom. The molecule has 1 aromatic carbocycles. The summed E-state index contributed by atoms with van der Waals surface area (Å²) in [4.78, 5) is 13.9. The number of aromatic nitrogens is 3. The Morgan fingerprint density at radius 3 is 2.40 bits per heavy atom. The van der Waals surface area contributed by atoms with Crippen molar-refractivity contribution in [2.45, 2.75) is 20.8 Å². The normalized spacial score (nSPS) is 11.2. The average Bonchev–Trinajstić information content (AvgIpc) is 2.86. The third kappa shape index (κ3) is 5.34. The highest BCUT2D eigenvalue weighted by Crippen LogP contribution is 2.39. The highest BCUT2D eigenvalue weighted by molar-refractivity contribution is 5.88. The first-order valence-electron chi connectivity index (χ1n) is 11.3. The lowest BCUT2D eigenvalue weighted by molar-refractivity contribution is 0.105. The van der Waals surface area contributed by atoms with E-state index in [1.165, 1.54) is 0 Å². The molecule has 182 valence electrons. The van der Waals surface area contributed by atoms with Crippen LogP contribution >= 0.6 is 0 Å². The Kier molecular flexibility index (Phi) is 7.43. The number of hydrogen-bond donors (Lipinski definition) is 2. The lowest BCUT2D eigenvalue weighted by Crippen LogP contribution is -2.19. The number of aryl methyl sites for hydroxylation is 3. The quantitative estimate of drug-likeness (QED) is 0.367. The highest BCUT2D eigenvalue weighted by atomic mass is 16.5. The third-order valence-electron chi connectivity index (χ3n) is 5.76. The summed E-state index contributed by atoms with van der Waals surface area (Å²) < 4.78 is 17.8. The predicted molar refractivity (Wildman–Crippen MR) is 133 cm³/mol. The summed E-state index contributed by atoms with van der Waals surface area (Å²) in [6, 6.07) is 13.1. The van der Waals surface area contributed by atoms with E-state index in [1.54, 1.807) is 31.5 Å². The molecule has 8 nitrogen and oxygen atoms in total. The summed E-state index contributed by atoms with van der Waals surface area (Å²) in [5.74, 6) is 1.75. The molecule has 0 aliphatic rings. The lowest BCUT2D eigenvalue weighted by Gasteiger charge is -2.17. The number of ether oxygens (including phenoxy) is 3. The first-order chi connectivity index (χ1) is 16.9. The Labute approximate surface area is 204 Å². The minimum absolute atomic E-state index is 0.145. The first-order valence-corrected chi connectivity index (χ1v) is 11.3. The molecule has 4 rings (SSSR count). The van der Waals surface area contributed by atoms with Crippen molar-refractivity contribution in [2.24, 2.45) is 5.92 Å². The molecule has 0 bridgehead atoms. The number of aliphatic hydroxyl groups excluding tert-OH is 2. The fraction of sp³-hybridized carbons (Fsp3) is 0.296. The summed E-state index contributed by atoms with van der Waals surface area (Å²) in [5, 5.41) is 19.4. The van der Waals surface area contributed by atoms with Crippen LogP contribution in [0.1, 0.15) is 17.0 Å². The summed E-state index contributed by atoms with van der Waals surface area (Å²) >= 11 is 0. The van der Waals surface area contributed by atoms with Crippen LogP contribution < -0.4 is 14.2 Å². The maximum Gasteiger partial charge on any atom is 0.163 e. The summed E-state index contributed by atoms with van der Waals surface area (Å²) in [6.07, 6.45) is 1.66. The topological polar surface area (TPSA) is 107 Å². The molecule has 0 fully saturated rings. The van der Waals surface area contributed by atoms with Crippen LogP contribution in [-0.2, 0) is 0 Å². The van der Waals surface area contributed by atoms with Gasteiger partial charge in [-0.15, -0.1) is 0 Å². The molecule has 0 spiro atoms. The van der Waals surface area contributed by atoms with Crippen molar-refractivity contribution >= 4 is 10.9 Å². The number of aliphatic hydroxyl groups is 2. The highest BCUT2D eigenvalue weighted by Gasteiger charge is 2.17. The summed E-state index contributed by atoms with van der Waals surface area (Å²) in [5.41, 5.74) is 4.84. The number of fused-ring (bicyclic) bond motifs is 1. The third-order valence-corrected chi connectivity index (χ3v) is 5.76. The summed E-state index contributed by atoms with van der Waals surface area (Å²) in [7, 11) is 1.55. The van der Waals surface area contributed by atoms with Crippen molar-refractivity contribution in [3.8, 4) is 34.4 Å². The van der Waals surface area contributed by atoms with E-state index in [0.29, 0.717) is 34.2 Å². The molecule has 2 N–H and O–H groups in total. The molecular formula is C27H29N3O5. The van der Waals surface area contributed by atoms with Gasteiger partial charge in [-0.2, -0.15) is 0 Å². The van der Waals surface area contributed by atoms with Crippen LogP contribution in [0.15, 0.2) is 48.7 Å². The van der Waals surface area contributed by atoms with E-state index in [0.717, 1.165) is 28.0 Å². The SMILES string of the molecule is COc1cc2c(Oc3cc(C)c(C)nc3-c3cccc(C)n3)ccnc2cc1OCC(CO)CO. The maximum absolute atomic E-state index is 9.33. The molecule has 3 heterocycles. The van der Waals surface area contributed by atoms with Crippen LogP contribution in [0.25, 0.3) is 22.3 Å². The van der Waals surface area contributed by atoms with Gasteiger partial charge in [0.1, 0.15) is 11.4 Å². The van der Waals surface area contributed by atoms with Gasteiger partial charge in [-0.25, -0.2) is 4.98 Å². The van der Waals surface area contributed by atoms with Gasteiger partial charge in [-0.1, -0.05) is 6.07 Å². The van der Waals surface area contributed by atoms with Crippen molar-refractivity contribution in [3.05, 3.63) is 65.6 Å². The molecule has 4 aromatic rings. The van der Waals surface area contributed by atoms with E-state index in [9.17, 15) is 10.2 Å². The van der Waals surface area contributed by atoms with Crippen molar-refractivity contribution < 1.29 is 24.4 Å². The zero-order chi connectivity index (χ0) is 24.9.